The summed E-state index contributed by atoms with van der Waals surface area (Å²) in [6.45, 7) is 3.73. The maximum atomic E-state index is 12.6. The van der Waals surface area contributed by atoms with E-state index >= 15 is 0 Å². The molecular weight excluding hydrogens is 328 g/mol. The Hall–Kier alpha value is -2.87. The number of carbonyl (C=O) groups excluding carboxylic acids is 1. The van der Waals surface area contributed by atoms with Gasteiger partial charge in [-0.3, -0.25) is 9.78 Å². The summed E-state index contributed by atoms with van der Waals surface area (Å²) in [5.41, 5.74) is 1.06. The predicted molar refractivity (Wildman–Crippen MR) is 91.8 cm³/mol. The van der Waals surface area contributed by atoms with E-state index in [4.69, 9.17) is 4.74 Å². The second-order valence-corrected chi connectivity index (χ2v) is 5.88. The van der Waals surface area contributed by atoms with Crippen LogP contribution in [0.2, 0.25) is 0 Å². The molecule has 0 spiro atoms. The molecule has 0 unspecified atom stereocenters. The van der Waals surface area contributed by atoms with Crippen LogP contribution in [0.15, 0.2) is 40.7 Å². The van der Waals surface area contributed by atoms with Crippen LogP contribution >= 0.6 is 11.3 Å². The highest BCUT2D eigenvalue weighted by Gasteiger charge is 2.20. The normalized spacial score (nSPS) is 11.2. The minimum Gasteiger partial charge on any atom is -0.462 e. The molecule has 3 aromatic heterocycles. The molecule has 3 heterocycles. The summed E-state index contributed by atoms with van der Waals surface area (Å²) in [4.78, 5) is 33.6. The molecule has 0 amide bonds. The van der Waals surface area contributed by atoms with E-state index in [9.17, 15) is 9.59 Å². The highest BCUT2D eigenvalue weighted by atomic mass is 32.1. The minimum atomic E-state index is -0.441. The number of aromatic nitrogens is 3. The van der Waals surface area contributed by atoms with E-state index in [1.54, 1.807) is 44.6 Å². The van der Waals surface area contributed by atoms with E-state index in [2.05, 4.69) is 15.1 Å². The van der Waals surface area contributed by atoms with Crippen molar-refractivity contribution >= 4 is 33.7 Å². The fourth-order valence-electron chi connectivity index (χ4n) is 2.17. The summed E-state index contributed by atoms with van der Waals surface area (Å²) >= 11 is 1.15. The van der Waals surface area contributed by atoms with E-state index in [0.717, 1.165) is 21.6 Å². The molecule has 0 fully saturated rings. The number of aryl methyl sites for hydroxylation is 1. The van der Waals surface area contributed by atoms with Crippen LogP contribution in [0.3, 0.4) is 0 Å². The molecule has 3 rings (SSSR count). The lowest BCUT2D eigenvalue weighted by Gasteiger charge is -1.99. The van der Waals surface area contributed by atoms with Crippen LogP contribution in [-0.4, -0.2) is 33.4 Å². The summed E-state index contributed by atoms with van der Waals surface area (Å²) in [5, 5.41) is 4.52. The van der Waals surface area contributed by atoms with Gasteiger partial charge in [0, 0.05) is 12.4 Å². The van der Waals surface area contributed by atoms with Crippen molar-refractivity contribution in [2.75, 3.05) is 6.61 Å². The summed E-state index contributed by atoms with van der Waals surface area (Å²) in [6, 6.07) is 3.55. The number of fused-ring (bicyclic) bond motifs is 1. The molecule has 0 aliphatic rings. The molecule has 0 radical (unpaired) electrons. The maximum absolute atomic E-state index is 12.6. The number of hydrogen-bond acceptors (Lipinski definition) is 7. The molecular formula is C16H14N4O3S. The lowest BCUT2D eigenvalue weighted by molar-refractivity contribution is 0.0531. The monoisotopic (exact) mass is 342 g/mol. The molecule has 8 heteroatoms. The van der Waals surface area contributed by atoms with Crippen LogP contribution in [0, 0.1) is 6.92 Å². The minimum absolute atomic E-state index is 0.278. The van der Waals surface area contributed by atoms with Gasteiger partial charge in [-0.05, 0) is 37.1 Å². The Kier molecular flexibility index (Phi) is 4.48. The van der Waals surface area contributed by atoms with Crippen LogP contribution in [0.1, 0.15) is 27.7 Å². The Morgan fingerprint density at radius 2 is 2.17 bits per heavy atom. The van der Waals surface area contributed by atoms with Gasteiger partial charge in [0.2, 0.25) is 0 Å². The topological polar surface area (TPSA) is 86.4 Å². The molecule has 0 aliphatic carbocycles. The van der Waals surface area contributed by atoms with Crippen molar-refractivity contribution in [3.8, 4) is 0 Å². The standard InChI is InChI=1S/C16H14N4O3S/c1-3-23-16(22)13-10(2)12-14(24-13)18-9-20(15(12)21)19-8-11-4-6-17-7-5-11/h4-9H,3H2,1-2H3/b19-8-. The molecule has 0 bridgehead atoms. The second-order valence-electron chi connectivity index (χ2n) is 4.88. The van der Waals surface area contributed by atoms with Gasteiger partial charge in [0.15, 0.2) is 0 Å². The number of esters is 1. The molecule has 3 aromatic rings. The van der Waals surface area contributed by atoms with Crippen LogP contribution in [0.5, 0.6) is 0 Å². The molecule has 7 nitrogen and oxygen atoms in total. The van der Waals surface area contributed by atoms with Crippen molar-refractivity contribution < 1.29 is 9.53 Å². The zero-order valence-corrected chi connectivity index (χ0v) is 13.9. The number of pyridine rings is 1. The fourth-order valence-corrected chi connectivity index (χ4v) is 3.20. The van der Waals surface area contributed by atoms with Crippen LogP contribution < -0.4 is 5.56 Å². The Labute approximate surface area is 141 Å². The van der Waals surface area contributed by atoms with Crippen molar-refractivity contribution in [1.82, 2.24) is 14.6 Å². The average Bonchev–Trinajstić information content (AvgIpc) is 2.93. The van der Waals surface area contributed by atoms with Gasteiger partial charge in [-0.25, -0.2) is 9.78 Å². The largest absolute Gasteiger partial charge is 0.462 e. The van der Waals surface area contributed by atoms with E-state index < -0.39 is 5.97 Å². The van der Waals surface area contributed by atoms with Gasteiger partial charge in [0.1, 0.15) is 16.0 Å². The van der Waals surface area contributed by atoms with E-state index in [1.807, 2.05) is 0 Å². The second kappa shape index (κ2) is 6.71. The first-order chi connectivity index (χ1) is 11.6. The Morgan fingerprint density at radius 3 is 2.88 bits per heavy atom. The Balaban J connectivity index is 2.05. The molecule has 0 N–H and O–H groups in total. The number of thiophene rings is 1. The van der Waals surface area contributed by atoms with Crippen molar-refractivity contribution in [3.63, 3.8) is 0 Å². The maximum Gasteiger partial charge on any atom is 0.348 e. The van der Waals surface area contributed by atoms with E-state index in [0.29, 0.717) is 20.7 Å². The third-order valence-corrected chi connectivity index (χ3v) is 4.51. The molecule has 0 aliphatic heterocycles. The molecule has 0 saturated heterocycles. The molecule has 122 valence electrons. The van der Waals surface area contributed by atoms with E-state index in [1.165, 1.54) is 6.33 Å². The van der Waals surface area contributed by atoms with Gasteiger partial charge >= 0.3 is 5.97 Å². The third kappa shape index (κ3) is 2.95. The van der Waals surface area contributed by atoms with Gasteiger partial charge in [-0.1, -0.05) is 0 Å². The summed E-state index contributed by atoms with van der Waals surface area (Å²) < 4.78 is 6.16. The molecule has 24 heavy (non-hydrogen) atoms. The third-order valence-electron chi connectivity index (χ3n) is 3.33. The smallest absolute Gasteiger partial charge is 0.348 e. The van der Waals surface area contributed by atoms with Crippen molar-refractivity contribution in [2.24, 2.45) is 5.10 Å². The van der Waals surface area contributed by atoms with E-state index in [-0.39, 0.29) is 12.2 Å². The van der Waals surface area contributed by atoms with Gasteiger partial charge in [0.05, 0.1) is 18.2 Å². The van der Waals surface area contributed by atoms with Gasteiger partial charge in [-0.15, -0.1) is 11.3 Å². The Bertz CT molecular complexity index is 976. The van der Waals surface area contributed by atoms with Crippen molar-refractivity contribution in [1.29, 1.82) is 0 Å². The van der Waals surface area contributed by atoms with Crippen molar-refractivity contribution in [2.45, 2.75) is 13.8 Å². The average molecular weight is 342 g/mol. The fraction of sp³-hybridized carbons (Fsp3) is 0.188. The first kappa shape index (κ1) is 16.0. The zero-order valence-electron chi connectivity index (χ0n) is 13.1. The summed E-state index contributed by atoms with van der Waals surface area (Å²) in [5.74, 6) is -0.441. The first-order valence-electron chi connectivity index (χ1n) is 7.24. The van der Waals surface area contributed by atoms with Gasteiger partial charge < -0.3 is 4.74 Å². The number of ether oxygens (including phenoxy) is 1. The zero-order chi connectivity index (χ0) is 17.1. The molecule has 0 saturated carbocycles. The SMILES string of the molecule is CCOC(=O)c1sc2ncn(/N=C\c3ccncc3)c(=O)c2c1C. The quantitative estimate of drug-likeness (QED) is 0.536. The predicted octanol–water partition coefficient (Wildman–Crippen LogP) is 2.22. The summed E-state index contributed by atoms with van der Waals surface area (Å²) in [6.07, 6.45) is 6.16. The highest BCUT2D eigenvalue weighted by molar-refractivity contribution is 7.20. The molecule has 0 atom stereocenters. The lowest BCUT2D eigenvalue weighted by Crippen LogP contribution is -2.17. The van der Waals surface area contributed by atoms with Crippen molar-refractivity contribution in [3.05, 3.63) is 57.2 Å². The number of nitrogens with zero attached hydrogens (tertiary/aromatic N) is 4. The van der Waals surface area contributed by atoms with Gasteiger partial charge in [-0.2, -0.15) is 9.78 Å². The highest BCUT2D eigenvalue weighted by Crippen LogP contribution is 2.27. The number of carbonyl (C=O) groups is 1. The number of rotatable bonds is 4. The molecule has 0 aromatic carbocycles. The van der Waals surface area contributed by atoms with Crippen LogP contribution in [0.25, 0.3) is 10.2 Å². The number of hydrogen-bond donors (Lipinski definition) is 0. The van der Waals surface area contributed by atoms with Crippen LogP contribution in [0.4, 0.5) is 0 Å². The Morgan fingerprint density at radius 1 is 1.42 bits per heavy atom. The van der Waals surface area contributed by atoms with Crippen LogP contribution in [-0.2, 0) is 4.74 Å². The van der Waals surface area contributed by atoms with Gasteiger partial charge in [0.25, 0.3) is 5.56 Å². The lowest BCUT2D eigenvalue weighted by atomic mass is 10.2. The summed E-state index contributed by atoms with van der Waals surface area (Å²) in [7, 11) is 0. The first-order valence-corrected chi connectivity index (χ1v) is 8.05.